The van der Waals surface area contributed by atoms with Gasteiger partial charge in [-0.15, -0.1) is 0 Å². The molecule has 2 saturated heterocycles. The Morgan fingerprint density at radius 3 is 2.60 bits per heavy atom. The van der Waals surface area contributed by atoms with E-state index in [2.05, 4.69) is 48.3 Å². The summed E-state index contributed by atoms with van der Waals surface area (Å²) >= 11 is 0. The molecule has 0 aliphatic carbocycles. The van der Waals surface area contributed by atoms with E-state index in [0.717, 1.165) is 24.7 Å². The number of hydrogen-bond acceptors (Lipinski definition) is 2. The van der Waals surface area contributed by atoms with E-state index < -0.39 is 0 Å². The van der Waals surface area contributed by atoms with Crippen LogP contribution in [0.25, 0.3) is 0 Å². The Bertz CT molecular complexity index is 429. The van der Waals surface area contributed by atoms with Gasteiger partial charge in [-0.3, -0.25) is 4.90 Å². The first-order valence-corrected chi connectivity index (χ1v) is 8.31. The van der Waals surface area contributed by atoms with Crippen LogP contribution in [0.15, 0.2) is 24.3 Å². The second kappa shape index (κ2) is 6.28. The Morgan fingerprint density at radius 1 is 1.20 bits per heavy atom. The van der Waals surface area contributed by atoms with Crippen molar-refractivity contribution in [3.05, 3.63) is 35.4 Å². The van der Waals surface area contributed by atoms with Crippen molar-refractivity contribution in [2.24, 2.45) is 0 Å². The van der Waals surface area contributed by atoms with Gasteiger partial charge in [-0.25, -0.2) is 0 Å². The smallest absolute Gasteiger partial charge is 0.0114 e. The fourth-order valence-electron chi connectivity index (χ4n) is 4.22. The van der Waals surface area contributed by atoms with Gasteiger partial charge in [0.25, 0.3) is 0 Å². The molecule has 2 fully saturated rings. The summed E-state index contributed by atoms with van der Waals surface area (Å²) < 4.78 is 0. The van der Waals surface area contributed by atoms with Crippen LogP contribution < -0.4 is 5.32 Å². The van der Waals surface area contributed by atoms with Gasteiger partial charge in [-0.05, 0) is 51.1 Å². The van der Waals surface area contributed by atoms with E-state index in [-0.39, 0.29) is 0 Å². The monoisotopic (exact) mass is 272 g/mol. The van der Waals surface area contributed by atoms with E-state index in [4.69, 9.17) is 0 Å². The van der Waals surface area contributed by atoms with Crippen molar-refractivity contribution in [3.63, 3.8) is 0 Å². The highest BCUT2D eigenvalue weighted by molar-refractivity contribution is 5.22. The lowest BCUT2D eigenvalue weighted by Crippen LogP contribution is -2.49. The van der Waals surface area contributed by atoms with Gasteiger partial charge in [0.05, 0.1) is 0 Å². The summed E-state index contributed by atoms with van der Waals surface area (Å²) in [5, 5.41) is 3.66. The summed E-state index contributed by atoms with van der Waals surface area (Å²) in [5.74, 6) is 0. The highest BCUT2D eigenvalue weighted by atomic mass is 15.2. The topological polar surface area (TPSA) is 15.3 Å². The molecule has 2 bridgehead atoms. The molecule has 0 radical (unpaired) electrons. The lowest BCUT2D eigenvalue weighted by molar-refractivity contribution is 0.119. The van der Waals surface area contributed by atoms with Gasteiger partial charge in [-0.2, -0.15) is 0 Å². The molecular formula is C18H28N2. The maximum absolute atomic E-state index is 3.66. The highest BCUT2D eigenvalue weighted by Gasteiger charge is 2.39. The van der Waals surface area contributed by atoms with Crippen molar-refractivity contribution in [1.82, 2.24) is 10.2 Å². The van der Waals surface area contributed by atoms with Crippen molar-refractivity contribution in [2.45, 2.75) is 64.1 Å². The fraction of sp³-hybridized carbons (Fsp3) is 0.667. The Balaban J connectivity index is 1.57. The number of nitrogens with zero attached hydrogens (tertiary/aromatic N) is 1. The Hall–Kier alpha value is -0.860. The molecular weight excluding hydrogens is 244 g/mol. The minimum absolute atomic E-state index is 0.771. The zero-order valence-corrected chi connectivity index (χ0v) is 12.9. The first kappa shape index (κ1) is 14.1. The second-order valence-electron chi connectivity index (χ2n) is 6.59. The molecule has 2 heteroatoms. The van der Waals surface area contributed by atoms with Gasteiger partial charge in [0.15, 0.2) is 0 Å². The summed E-state index contributed by atoms with van der Waals surface area (Å²) in [6, 6.07) is 11.4. The average molecular weight is 272 g/mol. The molecule has 2 nitrogen and oxygen atoms in total. The van der Waals surface area contributed by atoms with Crippen molar-refractivity contribution in [1.29, 1.82) is 0 Å². The number of fused-ring (bicyclic) bond motifs is 2. The second-order valence-corrected chi connectivity index (χ2v) is 6.59. The normalized spacial score (nSPS) is 29.8. The molecule has 0 amide bonds. The van der Waals surface area contributed by atoms with Gasteiger partial charge in [-0.1, -0.05) is 36.8 Å². The minimum Gasteiger partial charge on any atom is -0.314 e. The largest absolute Gasteiger partial charge is 0.314 e. The molecule has 2 aliphatic rings. The Labute approximate surface area is 123 Å². The van der Waals surface area contributed by atoms with Gasteiger partial charge in [0.1, 0.15) is 0 Å². The van der Waals surface area contributed by atoms with E-state index >= 15 is 0 Å². The summed E-state index contributed by atoms with van der Waals surface area (Å²) in [5.41, 5.74) is 2.88. The molecule has 0 saturated carbocycles. The van der Waals surface area contributed by atoms with Crippen LogP contribution in [0.4, 0.5) is 0 Å². The van der Waals surface area contributed by atoms with Crippen molar-refractivity contribution in [3.8, 4) is 0 Å². The fourth-order valence-corrected chi connectivity index (χ4v) is 4.22. The summed E-state index contributed by atoms with van der Waals surface area (Å²) in [6.45, 7) is 6.78. The lowest BCUT2D eigenvalue weighted by atomic mass is 9.96. The molecule has 2 aliphatic heterocycles. The predicted molar refractivity (Wildman–Crippen MR) is 85.1 cm³/mol. The molecule has 20 heavy (non-hydrogen) atoms. The molecule has 3 rings (SSSR count). The summed E-state index contributed by atoms with van der Waals surface area (Å²) in [7, 11) is 0. The van der Waals surface area contributed by atoms with E-state index in [1.807, 2.05) is 0 Å². The van der Waals surface area contributed by atoms with Crippen LogP contribution in [0.5, 0.6) is 0 Å². The van der Waals surface area contributed by atoms with Crippen LogP contribution in [0.1, 0.15) is 43.7 Å². The van der Waals surface area contributed by atoms with Crippen molar-refractivity contribution < 1.29 is 0 Å². The van der Waals surface area contributed by atoms with E-state index in [1.165, 1.54) is 49.8 Å². The molecule has 1 aromatic rings. The standard InChI is InChI=1S/C18H28N2/c1-3-19-16-12-17-7-8-18(13-16)20(17)10-9-15-6-4-5-14(2)11-15/h4-6,11,16-19H,3,7-10,12-13H2,1-2H3. The third kappa shape index (κ3) is 3.07. The number of piperidine rings is 1. The van der Waals surface area contributed by atoms with E-state index in [9.17, 15) is 0 Å². The average Bonchev–Trinajstić information content (AvgIpc) is 2.67. The molecule has 2 heterocycles. The van der Waals surface area contributed by atoms with Gasteiger partial charge >= 0.3 is 0 Å². The third-order valence-electron chi connectivity index (χ3n) is 5.12. The minimum atomic E-state index is 0.771. The molecule has 0 spiro atoms. The summed E-state index contributed by atoms with van der Waals surface area (Å²) in [4.78, 5) is 2.80. The van der Waals surface area contributed by atoms with Crippen LogP contribution in [-0.4, -0.2) is 36.1 Å². The molecule has 2 atom stereocenters. The third-order valence-corrected chi connectivity index (χ3v) is 5.12. The SMILES string of the molecule is CCNC1CC2CCC(C1)N2CCc1cccc(C)c1. The number of benzene rings is 1. The molecule has 1 N–H and O–H groups in total. The Kier molecular flexibility index (Phi) is 4.42. The van der Waals surface area contributed by atoms with Crippen LogP contribution in [-0.2, 0) is 6.42 Å². The quantitative estimate of drug-likeness (QED) is 0.886. The number of rotatable bonds is 5. The first-order chi connectivity index (χ1) is 9.76. The van der Waals surface area contributed by atoms with E-state index in [1.54, 1.807) is 0 Å². The molecule has 110 valence electrons. The van der Waals surface area contributed by atoms with Gasteiger partial charge < -0.3 is 5.32 Å². The number of hydrogen-bond donors (Lipinski definition) is 1. The molecule has 0 aromatic heterocycles. The van der Waals surface area contributed by atoms with Crippen LogP contribution in [0, 0.1) is 6.92 Å². The van der Waals surface area contributed by atoms with Crippen LogP contribution >= 0.6 is 0 Å². The highest BCUT2D eigenvalue weighted by Crippen LogP contribution is 2.35. The van der Waals surface area contributed by atoms with Crippen molar-refractivity contribution in [2.75, 3.05) is 13.1 Å². The first-order valence-electron chi connectivity index (χ1n) is 8.31. The maximum atomic E-state index is 3.66. The predicted octanol–water partition coefficient (Wildman–Crippen LogP) is 3.14. The molecule has 1 aromatic carbocycles. The maximum Gasteiger partial charge on any atom is 0.0114 e. The van der Waals surface area contributed by atoms with Crippen LogP contribution in [0.3, 0.4) is 0 Å². The number of nitrogens with one attached hydrogen (secondary N) is 1. The van der Waals surface area contributed by atoms with Gasteiger partial charge in [0.2, 0.25) is 0 Å². The van der Waals surface area contributed by atoms with E-state index in [0.29, 0.717) is 0 Å². The van der Waals surface area contributed by atoms with Crippen LogP contribution in [0.2, 0.25) is 0 Å². The zero-order valence-electron chi connectivity index (χ0n) is 12.9. The number of aryl methyl sites for hydroxylation is 1. The lowest BCUT2D eigenvalue weighted by Gasteiger charge is -2.39. The Morgan fingerprint density at radius 2 is 1.95 bits per heavy atom. The van der Waals surface area contributed by atoms with Crippen molar-refractivity contribution >= 4 is 0 Å². The summed E-state index contributed by atoms with van der Waals surface area (Å²) in [6.07, 6.45) is 6.76. The zero-order chi connectivity index (χ0) is 13.9. The molecule has 2 unspecified atom stereocenters. The van der Waals surface area contributed by atoms with Gasteiger partial charge in [0, 0.05) is 24.7 Å².